The Labute approximate surface area is 86.5 Å². The molecule has 1 heteroatoms. The van der Waals surface area contributed by atoms with Gasteiger partial charge in [0.05, 0.1) is 0 Å². The highest BCUT2D eigenvalue weighted by molar-refractivity contribution is 5.42. The SMILES string of the molecule is C#CCCCCCNc1ccccc1. The average Bonchev–Trinajstić information content (AvgIpc) is 2.25. The standard InChI is InChI=1S/C13H17N/c1-2-3-4-5-9-12-14-13-10-7-6-8-11-13/h1,6-8,10-11,14H,3-5,9,12H2. The normalized spacial score (nSPS) is 9.36. The van der Waals surface area contributed by atoms with Crippen LogP contribution in [0.25, 0.3) is 0 Å². The fourth-order valence-corrected chi connectivity index (χ4v) is 1.32. The van der Waals surface area contributed by atoms with Gasteiger partial charge in [0.15, 0.2) is 0 Å². The minimum atomic E-state index is 0.908. The zero-order valence-corrected chi connectivity index (χ0v) is 8.50. The first kappa shape index (κ1) is 10.7. The van der Waals surface area contributed by atoms with E-state index in [0.717, 1.165) is 19.4 Å². The summed E-state index contributed by atoms with van der Waals surface area (Å²) in [6.45, 7) is 1.04. The van der Waals surface area contributed by atoms with Gasteiger partial charge in [-0.25, -0.2) is 0 Å². The van der Waals surface area contributed by atoms with E-state index in [2.05, 4.69) is 23.4 Å². The lowest BCUT2D eigenvalue weighted by molar-refractivity contribution is 0.715. The van der Waals surface area contributed by atoms with Crippen LogP contribution in [0.1, 0.15) is 25.7 Å². The molecule has 0 spiro atoms. The Morgan fingerprint density at radius 3 is 2.57 bits per heavy atom. The first-order chi connectivity index (χ1) is 6.93. The lowest BCUT2D eigenvalue weighted by atomic mass is 10.2. The Kier molecular flexibility index (Phi) is 5.35. The summed E-state index contributed by atoms with van der Waals surface area (Å²) >= 11 is 0. The summed E-state index contributed by atoms with van der Waals surface area (Å²) in [4.78, 5) is 0. The molecule has 0 saturated heterocycles. The molecule has 1 aromatic rings. The molecule has 0 saturated carbocycles. The van der Waals surface area contributed by atoms with Crippen LogP contribution in [0.2, 0.25) is 0 Å². The van der Waals surface area contributed by atoms with Crippen molar-refractivity contribution in [3.8, 4) is 12.3 Å². The van der Waals surface area contributed by atoms with E-state index in [1.54, 1.807) is 0 Å². The van der Waals surface area contributed by atoms with E-state index >= 15 is 0 Å². The van der Waals surface area contributed by atoms with Gasteiger partial charge in [-0.1, -0.05) is 24.6 Å². The predicted molar refractivity (Wildman–Crippen MR) is 62.2 cm³/mol. The van der Waals surface area contributed by atoms with Crippen LogP contribution in [-0.2, 0) is 0 Å². The van der Waals surface area contributed by atoms with Gasteiger partial charge in [0, 0.05) is 18.7 Å². The van der Waals surface area contributed by atoms with Gasteiger partial charge in [0.1, 0.15) is 0 Å². The molecule has 0 unspecified atom stereocenters. The predicted octanol–water partition coefficient (Wildman–Crippen LogP) is 3.29. The Morgan fingerprint density at radius 2 is 1.86 bits per heavy atom. The molecule has 0 aliphatic rings. The van der Waals surface area contributed by atoms with Crippen LogP contribution in [-0.4, -0.2) is 6.54 Å². The van der Waals surface area contributed by atoms with Crippen molar-refractivity contribution < 1.29 is 0 Å². The minimum Gasteiger partial charge on any atom is -0.385 e. The Balaban J connectivity index is 2.03. The molecule has 0 fully saturated rings. The molecule has 0 atom stereocenters. The molecule has 1 nitrogen and oxygen atoms in total. The molecule has 0 aliphatic heterocycles. The molecule has 0 radical (unpaired) electrons. The van der Waals surface area contributed by atoms with Crippen molar-refractivity contribution in [1.82, 2.24) is 0 Å². The summed E-state index contributed by atoms with van der Waals surface area (Å²) < 4.78 is 0. The summed E-state index contributed by atoms with van der Waals surface area (Å²) in [7, 11) is 0. The largest absolute Gasteiger partial charge is 0.385 e. The summed E-state index contributed by atoms with van der Waals surface area (Å²) in [5, 5.41) is 3.37. The molecule has 0 aliphatic carbocycles. The fraction of sp³-hybridized carbons (Fsp3) is 0.385. The molecule has 0 heterocycles. The monoisotopic (exact) mass is 187 g/mol. The van der Waals surface area contributed by atoms with Crippen molar-refractivity contribution >= 4 is 5.69 Å². The summed E-state index contributed by atoms with van der Waals surface area (Å²) in [6, 6.07) is 10.3. The van der Waals surface area contributed by atoms with Crippen LogP contribution in [0.15, 0.2) is 30.3 Å². The molecule has 0 bridgehead atoms. The highest BCUT2D eigenvalue weighted by Gasteiger charge is 1.89. The number of terminal acetylenes is 1. The molecule has 1 rings (SSSR count). The fourth-order valence-electron chi connectivity index (χ4n) is 1.32. The van der Waals surface area contributed by atoms with Crippen LogP contribution in [0.3, 0.4) is 0 Å². The molecular weight excluding hydrogens is 170 g/mol. The molecule has 0 amide bonds. The summed E-state index contributed by atoms with van der Waals surface area (Å²) in [5.74, 6) is 2.66. The molecule has 1 N–H and O–H groups in total. The lowest BCUT2D eigenvalue weighted by Crippen LogP contribution is -2.00. The van der Waals surface area contributed by atoms with Crippen LogP contribution in [0, 0.1) is 12.3 Å². The summed E-state index contributed by atoms with van der Waals surface area (Å²) in [6.07, 6.45) is 9.63. The van der Waals surface area contributed by atoms with E-state index in [1.165, 1.54) is 18.5 Å². The second-order valence-electron chi connectivity index (χ2n) is 3.31. The Bertz CT molecular complexity index is 271. The zero-order valence-electron chi connectivity index (χ0n) is 8.50. The Hall–Kier alpha value is -1.42. The summed E-state index contributed by atoms with van der Waals surface area (Å²) in [5.41, 5.74) is 1.20. The van der Waals surface area contributed by atoms with Gasteiger partial charge in [-0.05, 0) is 25.0 Å². The number of nitrogens with one attached hydrogen (secondary N) is 1. The van der Waals surface area contributed by atoms with Crippen molar-refractivity contribution in [3.63, 3.8) is 0 Å². The number of para-hydroxylation sites is 1. The highest BCUT2D eigenvalue weighted by atomic mass is 14.9. The minimum absolute atomic E-state index is 0.908. The molecule has 1 aromatic carbocycles. The van der Waals surface area contributed by atoms with Crippen LogP contribution >= 0.6 is 0 Å². The van der Waals surface area contributed by atoms with Crippen molar-refractivity contribution in [1.29, 1.82) is 0 Å². The van der Waals surface area contributed by atoms with Crippen molar-refractivity contribution in [3.05, 3.63) is 30.3 Å². The van der Waals surface area contributed by atoms with E-state index in [4.69, 9.17) is 6.42 Å². The second-order valence-corrected chi connectivity index (χ2v) is 3.31. The quantitative estimate of drug-likeness (QED) is 0.532. The number of anilines is 1. The van der Waals surface area contributed by atoms with Crippen molar-refractivity contribution in [2.45, 2.75) is 25.7 Å². The third-order valence-electron chi connectivity index (χ3n) is 2.10. The first-order valence-corrected chi connectivity index (χ1v) is 5.16. The topological polar surface area (TPSA) is 12.0 Å². The number of unbranched alkanes of at least 4 members (excludes halogenated alkanes) is 3. The van der Waals surface area contributed by atoms with Crippen molar-refractivity contribution in [2.75, 3.05) is 11.9 Å². The van der Waals surface area contributed by atoms with Gasteiger partial charge < -0.3 is 5.32 Å². The van der Waals surface area contributed by atoms with Crippen LogP contribution in [0.4, 0.5) is 5.69 Å². The lowest BCUT2D eigenvalue weighted by Gasteiger charge is -2.04. The van der Waals surface area contributed by atoms with Crippen LogP contribution in [0.5, 0.6) is 0 Å². The van der Waals surface area contributed by atoms with E-state index < -0.39 is 0 Å². The molecular formula is C13H17N. The first-order valence-electron chi connectivity index (χ1n) is 5.16. The van der Waals surface area contributed by atoms with Gasteiger partial charge in [-0.15, -0.1) is 12.3 Å². The maximum atomic E-state index is 5.17. The number of benzene rings is 1. The number of hydrogen-bond donors (Lipinski definition) is 1. The van der Waals surface area contributed by atoms with E-state index in [0.29, 0.717) is 0 Å². The molecule has 14 heavy (non-hydrogen) atoms. The zero-order chi connectivity index (χ0) is 10.1. The smallest absolute Gasteiger partial charge is 0.0340 e. The van der Waals surface area contributed by atoms with Gasteiger partial charge >= 0.3 is 0 Å². The van der Waals surface area contributed by atoms with Crippen LogP contribution < -0.4 is 5.32 Å². The Morgan fingerprint density at radius 1 is 1.07 bits per heavy atom. The van der Waals surface area contributed by atoms with Crippen molar-refractivity contribution in [2.24, 2.45) is 0 Å². The van der Waals surface area contributed by atoms with E-state index in [-0.39, 0.29) is 0 Å². The van der Waals surface area contributed by atoms with Gasteiger partial charge in [0.2, 0.25) is 0 Å². The maximum Gasteiger partial charge on any atom is 0.0340 e. The number of hydrogen-bond acceptors (Lipinski definition) is 1. The van der Waals surface area contributed by atoms with E-state index in [1.807, 2.05) is 18.2 Å². The average molecular weight is 187 g/mol. The van der Waals surface area contributed by atoms with E-state index in [9.17, 15) is 0 Å². The highest BCUT2D eigenvalue weighted by Crippen LogP contribution is 2.05. The van der Waals surface area contributed by atoms with Gasteiger partial charge in [-0.3, -0.25) is 0 Å². The maximum absolute atomic E-state index is 5.17. The molecule has 74 valence electrons. The number of rotatable bonds is 6. The second kappa shape index (κ2) is 7.03. The molecule has 0 aromatic heterocycles. The van der Waals surface area contributed by atoms with Gasteiger partial charge in [0.25, 0.3) is 0 Å². The third-order valence-corrected chi connectivity index (χ3v) is 2.10. The third kappa shape index (κ3) is 4.57. The van der Waals surface area contributed by atoms with Gasteiger partial charge in [-0.2, -0.15) is 0 Å².